The summed E-state index contributed by atoms with van der Waals surface area (Å²) in [7, 11) is -4.74. The van der Waals surface area contributed by atoms with Crippen molar-refractivity contribution in [2.45, 2.75) is 38.0 Å². The summed E-state index contributed by atoms with van der Waals surface area (Å²) in [5.41, 5.74) is 0.122. The molecule has 4 aromatic rings. The number of hydrogen-bond donors (Lipinski definition) is 5. The van der Waals surface area contributed by atoms with Gasteiger partial charge in [0, 0.05) is 36.8 Å². The smallest absolute Gasteiger partial charge is 0.329 e. The Morgan fingerprint density at radius 3 is 2.05 bits per heavy atom. The monoisotopic (exact) mass is 872 g/mol. The highest BCUT2D eigenvalue weighted by molar-refractivity contribution is 7.86. The molecule has 0 bridgehead atoms. The maximum absolute atomic E-state index is 13.1. The Morgan fingerprint density at radius 2 is 1.53 bits per heavy atom. The van der Waals surface area contributed by atoms with Gasteiger partial charge in [0.2, 0.25) is 5.91 Å². The number of aromatic nitrogens is 2. The fraction of sp³-hybridized carbons (Fsp3) is 0.297. The molecular weight excluding hydrogens is 835 g/mol. The molecule has 2 amide bonds. The SMILES string of the molecule is CC(=O)Nc1cc(N(CCOCC(=O)O)CCOCC(=O)O)ccc1/N=N/c1c(C#N)c(C(C)(C)C)nn1-c1c(Cl)cc(NC(=O)c2ccccc2S(=O)(=O)O)cc1Cl. The maximum atomic E-state index is 13.1. The first-order valence-corrected chi connectivity index (χ1v) is 19.5. The first kappa shape index (κ1) is 45.7. The molecule has 19 nitrogen and oxygen atoms in total. The Hall–Kier alpha value is -5.95. The van der Waals surface area contributed by atoms with E-state index < -0.39 is 57.4 Å². The van der Waals surface area contributed by atoms with Crippen LogP contribution in [0.15, 0.2) is 69.7 Å². The Bertz CT molecular complexity index is 2400. The Morgan fingerprint density at radius 1 is 0.932 bits per heavy atom. The van der Waals surface area contributed by atoms with E-state index in [1.807, 2.05) is 20.8 Å². The number of hydrogen-bond acceptors (Lipinski definition) is 13. The van der Waals surface area contributed by atoms with Gasteiger partial charge >= 0.3 is 11.9 Å². The number of ether oxygens (including phenoxy) is 2. The first-order chi connectivity index (χ1) is 27.7. The molecule has 0 spiro atoms. The molecule has 0 atom stereocenters. The predicted octanol–water partition coefficient (Wildman–Crippen LogP) is 6.23. The van der Waals surface area contributed by atoms with Gasteiger partial charge in [-0.05, 0) is 42.5 Å². The molecule has 4 rings (SSSR count). The van der Waals surface area contributed by atoms with Crippen LogP contribution in [0.25, 0.3) is 5.69 Å². The van der Waals surface area contributed by atoms with Crippen LogP contribution in [-0.2, 0) is 39.4 Å². The number of carbonyl (C=O) groups excluding carboxylic acids is 2. The highest BCUT2D eigenvalue weighted by Gasteiger charge is 2.30. The van der Waals surface area contributed by atoms with Crippen LogP contribution in [0.5, 0.6) is 0 Å². The van der Waals surface area contributed by atoms with Gasteiger partial charge in [0.15, 0.2) is 5.82 Å². The number of anilines is 3. The van der Waals surface area contributed by atoms with Crippen molar-refractivity contribution in [1.82, 2.24) is 9.78 Å². The van der Waals surface area contributed by atoms with Crippen LogP contribution in [0.2, 0.25) is 10.0 Å². The van der Waals surface area contributed by atoms with Gasteiger partial charge in [-0.25, -0.2) is 14.3 Å². The summed E-state index contributed by atoms with van der Waals surface area (Å²) in [5, 5.41) is 46.7. The number of nitrogens with one attached hydrogen (secondary N) is 2. The van der Waals surface area contributed by atoms with Crippen molar-refractivity contribution in [3.63, 3.8) is 0 Å². The number of nitriles is 1. The van der Waals surface area contributed by atoms with E-state index in [1.54, 1.807) is 17.0 Å². The lowest BCUT2D eigenvalue weighted by Crippen LogP contribution is -2.32. The van der Waals surface area contributed by atoms with E-state index in [0.29, 0.717) is 11.4 Å². The second kappa shape index (κ2) is 19.7. The fourth-order valence-corrected chi connectivity index (χ4v) is 6.78. The highest BCUT2D eigenvalue weighted by Crippen LogP contribution is 2.40. The van der Waals surface area contributed by atoms with Crippen LogP contribution < -0.4 is 15.5 Å². The second-order valence-electron chi connectivity index (χ2n) is 13.5. The molecule has 59 heavy (non-hydrogen) atoms. The summed E-state index contributed by atoms with van der Waals surface area (Å²) in [5.74, 6) is -3.79. The molecule has 0 aliphatic rings. The van der Waals surface area contributed by atoms with Crippen LogP contribution >= 0.6 is 23.2 Å². The Balaban J connectivity index is 1.77. The highest BCUT2D eigenvalue weighted by atomic mass is 35.5. The maximum Gasteiger partial charge on any atom is 0.329 e. The van der Waals surface area contributed by atoms with Crippen molar-refractivity contribution in [3.05, 3.63) is 81.5 Å². The molecule has 22 heteroatoms. The van der Waals surface area contributed by atoms with E-state index in [0.717, 1.165) is 6.07 Å². The summed E-state index contributed by atoms with van der Waals surface area (Å²) in [6, 6.07) is 14.4. The number of amides is 2. The zero-order chi connectivity index (χ0) is 43.7. The van der Waals surface area contributed by atoms with E-state index in [4.69, 9.17) is 42.9 Å². The number of carboxylic acid groups (broad SMARTS) is 2. The lowest BCUT2D eigenvalue weighted by atomic mass is 9.90. The minimum absolute atomic E-state index is 0.0131. The normalized spacial score (nSPS) is 11.6. The van der Waals surface area contributed by atoms with E-state index >= 15 is 0 Å². The average Bonchev–Trinajstić information content (AvgIpc) is 3.51. The van der Waals surface area contributed by atoms with Crippen molar-refractivity contribution in [2.24, 2.45) is 10.2 Å². The topological polar surface area (TPSA) is 275 Å². The molecule has 3 aromatic carbocycles. The summed E-state index contributed by atoms with van der Waals surface area (Å²) in [4.78, 5) is 48.4. The minimum atomic E-state index is -4.74. The molecule has 0 fully saturated rings. The van der Waals surface area contributed by atoms with Crippen LogP contribution in [-0.4, -0.2) is 96.2 Å². The van der Waals surface area contributed by atoms with Gasteiger partial charge < -0.3 is 35.2 Å². The zero-order valence-corrected chi connectivity index (χ0v) is 34.2. The van der Waals surface area contributed by atoms with E-state index in [1.165, 1.54) is 48.0 Å². The fourth-order valence-electron chi connectivity index (χ4n) is 5.44. The van der Waals surface area contributed by atoms with E-state index in [2.05, 4.69) is 32.0 Å². The Kier molecular flexibility index (Phi) is 15.2. The van der Waals surface area contributed by atoms with Crippen LogP contribution in [0, 0.1) is 11.3 Å². The molecule has 1 aromatic heterocycles. The van der Waals surface area contributed by atoms with E-state index in [-0.39, 0.29) is 76.0 Å². The summed E-state index contributed by atoms with van der Waals surface area (Å²) < 4.78 is 44.9. The second-order valence-corrected chi connectivity index (χ2v) is 15.7. The molecule has 1 heterocycles. The number of halogens is 2. The molecule has 0 aliphatic carbocycles. The van der Waals surface area contributed by atoms with Gasteiger partial charge in [-0.2, -0.15) is 18.8 Å². The van der Waals surface area contributed by atoms with Crippen molar-refractivity contribution in [1.29, 1.82) is 5.26 Å². The summed E-state index contributed by atoms with van der Waals surface area (Å²) >= 11 is 13.5. The van der Waals surface area contributed by atoms with Gasteiger partial charge in [-0.1, -0.05) is 56.1 Å². The molecule has 0 radical (unpaired) electrons. The third-order valence-corrected chi connectivity index (χ3v) is 9.44. The van der Waals surface area contributed by atoms with Gasteiger partial charge in [0.1, 0.15) is 41.1 Å². The van der Waals surface area contributed by atoms with Gasteiger partial charge in [0.05, 0.1) is 40.2 Å². The standard InChI is InChI=1S/C37H38Cl2N8O11S/c1-21(48)41-29-17-23(46(11-13-57-19-31(49)50)12-14-58-20-32(51)52)9-10-28(29)43-44-35-25(18-40)34(37(2,3)4)45-47(35)33-26(38)15-22(16-27(33)39)42-36(53)24-7-5-6-8-30(24)59(54,55)56/h5-10,15-17H,11-14,19-20H2,1-4H3,(H,41,48)(H,42,53)(H,49,50)(H,51,52)(H,54,55,56)/b44-43+. The lowest BCUT2D eigenvalue weighted by molar-refractivity contribution is -0.142. The van der Waals surface area contributed by atoms with Gasteiger partial charge in [0.25, 0.3) is 16.0 Å². The number of aliphatic carboxylic acids is 2. The van der Waals surface area contributed by atoms with Crippen LogP contribution in [0.3, 0.4) is 0 Å². The molecule has 0 aliphatic heterocycles. The summed E-state index contributed by atoms with van der Waals surface area (Å²) in [6.07, 6.45) is 0. The van der Waals surface area contributed by atoms with Gasteiger partial charge in [-0.15, -0.1) is 10.2 Å². The largest absolute Gasteiger partial charge is 0.480 e. The molecule has 312 valence electrons. The number of benzene rings is 3. The van der Waals surface area contributed by atoms with E-state index in [9.17, 15) is 37.4 Å². The number of carbonyl (C=O) groups is 4. The zero-order valence-electron chi connectivity index (χ0n) is 31.9. The van der Waals surface area contributed by atoms with Crippen molar-refractivity contribution < 1.29 is 51.8 Å². The third-order valence-electron chi connectivity index (χ3n) is 7.95. The first-order valence-electron chi connectivity index (χ1n) is 17.3. The third kappa shape index (κ3) is 12.3. The molecule has 0 saturated carbocycles. The van der Waals surface area contributed by atoms with Gasteiger partial charge in [-0.3, -0.25) is 14.1 Å². The minimum Gasteiger partial charge on any atom is -0.480 e. The van der Waals surface area contributed by atoms with Crippen LogP contribution in [0.1, 0.15) is 49.3 Å². The quantitative estimate of drug-likeness (QED) is 0.0421. The number of azo groups is 1. The lowest BCUT2D eigenvalue weighted by Gasteiger charge is -2.25. The number of rotatable bonds is 18. The number of carboxylic acids is 2. The summed E-state index contributed by atoms with van der Waals surface area (Å²) in [6.45, 7) is 5.92. The van der Waals surface area contributed by atoms with Crippen LogP contribution in [0.4, 0.5) is 28.6 Å². The Labute approximate surface area is 347 Å². The average molecular weight is 874 g/mol. The van der Waals surface area contributed by atoms with Crippen molar-refractivity contribution >= 4 is 85.6 Å². The molecule has 5 N–H and O–H groups in total. The molecule has 0 unspecified atom stereocenters. The molecule has 0 saturated heterocycles. The van der Waals surface area contributed by atoms with Crippen molar-refractivity contribution in [2.75, 3.05) is 55.1 Å². The van der Waals surface area contributed by atoms with Crippen molar-refractivity contribution in [3.8, 4) is 11.8 Å². The number of nitrogens with zero attached hydrogens (tertiary/aromatic N) is 6. The molecular formula is C37H38Cl2N8O11S. The predicted molar refractivity (Wildman–Crippen MR) is 215 cm³/mol.